The highest BCUT2D eigenvalue weighted by Crippen LogP contribution is 2.30. The minimum atomic E-state index is 0.139. The molecule has 0 atom stereocenters. The molecular weight excluding hydrogens is 333 g/mol. The molecule has 5 nitrogen and oxygen atoms in total. The fraction of sp³-hybridized carbons (Fsp3) is 0.273. The molecule has 2 aromatic rings. The van der Waals surface area contributed by atoms with E-state index in [1.54, 1.807) is 12.1 Å². The summed E-state index contributed by atoms with van der Waals surface area (Å²) >= 11 is 2.17. The Bertz CT molecular complexity index is 527. The van der Waals surface area contributed by atoms with Crippen LogP contribution in [0.5, 0.6) is 5.75 Å². The smallest absolute Gasteiger partial charge is 0.266 e. The molecule has 0 fully saturated rings. The normalized spacial score (nSPS) is 10.5. The lowest BCUT2D eigenvalue weighted by molar-refractivity contribution is 0.424. The number of aromatic hydroxyl groups is 1. The Kier molecular flexibility index (Phi) is 3.51. The third-order valence-electron chi connectivity index (χ3n) is 2.42. The van der Waals surface area contributed by atoms with E-state index in [0.29, 0.717) is 17.4 Å². The first kappa shape index (κ1) is 12.2. The zero-order valence-corrected chi connectivity index (χ0v) is 11.7. The lowest BCUT2D eigenvalue weighted by Crippen LogP contribution is -2.16. The van der Waals surface area contributed by atoms with Crippen molar-refractivity contribution in [2.24, 2.45) is 0 Å². The summed E-state index contributed by atoms with van der Waals surface area (Å²) in [6.45, 7) is 2.79. The highest BCUT2D eigenvalue weighted by molar-refractivity contribution is 14.1. The van der Waals surface area contributed by atoms with Gasteiger partial charge in [-0.1, -0.05) is 0 Å². The van der Waals surface area contributed by atoms with Crippen LogP contribution in [0, 0.1) is 3.57 Å². The van der Waals surface area contributed by atoms with Gasteiger partial charge in [-0.15, -0.1) is 0 Å². The molecule has 2 rings (SSSR count). The third kappa shape index (κ3) is 2.51. The number of hydrogen-bond acceptors (Lipinski definition) is 5. The maximum Gasteiger partial charge on any atom is 0.266 e. The van der Waals surface area contributed by atoms with Crippen molar-refractivity contribution in [1.29, 1.82) is 0 Å². The van der Waals surface area contributed by atoms with E-state index in [9.17, 15) is 5.11 Å². The Morgan fingerprint density at radius 2 is 2.24 bits per heavy atom. The lowest BCUT2D eigenvalue weighted by atomic mass is 10.2. The molecule has 90 valence electrons. The first-order valence-corrected chi connectivity index (χ1v) is 6.23. The van der Waals surface area contributed by atoms with Crippen molar-refractivity contribution in [3.63, 3.8) is 0 Å². The SMILES string of the molecule is CCN(C)c1noc(-c2cc(I)ccc2O)n1. The predicted molar refractivity (Wildman–Crippen MR) is 73.1 cm³/mol. The highest BCUT2D eigenvalue weighted by atomic mass is 127. The van der Waals surface area contributed by atoms with E-state index in [-0.39, 0.29) is 5.75 Å². The summed E-state index contributed by atoms with van der Waals surface area (Å²) in [7, 11) is 1.88. The van der Waals surface area contributed by atoms with E-state index in [1.165, 1.54) is 0 Å². The molecule has 0 saturated carbocycles. The van der Waals surface area contributed by atoms with Crippen molar-refractivity contribution < 1.29 is 9.63 Å². The standard InChI is InChI=1S/C11H12IN3O2/c1-3-15(2)11-13-10(17-14-11)8-6-7(12)4-5-9(8)16/h4-6,16H,3H2,1-2H3. The molecule has 0 saturated heterocycles. The van der Waals surface area contributed by atoms with Gasteiger partial charge in [-0.3, -0.25) is 0 Å². The van der Waals surface area contributed by atoms with Crippen LogP contribution in [0.4, 0.5) is 5.95 Å². The molecule has 1 aromatic carbocycles. The van der Waals surface area contributed by atoms with Crippen LogP contribution in [0.1, 0.15) is 6.92 Å². The second-order valence-corrected chi connectivity index (χ2v) is 4.82. The largest absolute Gasteiger partial charge is 0.507 e. The van der Waals surface area contributed by atoms with Crippen LogP contribution >= 0.6 is 22.6 Å². The van der Waals surface area contributed by atoms with Gasteiger partial charge in [-0.25, -0.2) is 0 Å². The molecule has 0 bridgehead atoms. The molecule has 17 heavy (non-hydrogen) atoms. The Balaban J connectivity index is 2.40. The van der Waals surface area contributed by atoms with Gasteiger partial charge in [-0.05, 0) is 52.9 Å². The van der Waals surface area contributed by atoms with Crippen molar-refractivity contribution in [1.82, 2.24) is 10.1 Å². The molecule has 1 heterocycles. The maximum absolute atomic E-state index is 9.75. The Labute approximate surface area is 113 Å². The average Bonchev–Trinajstić information content (AvgIpc) is 2.80. The number of benzene rings is 1. The van der Waals surface area contributed by atoms with Crippen LogP contribution in [-0.4, -0.2) is 28.8 Å². The number of aromatic nitrogens is 2. The second-order valence-electron chi connectivity index (χ2n) is 3.58. The minimum Gasteiger partial charge on any atom is -0.507 e. The summed E-state index contributed by atoms with van der Waals surface area (Å²) in [6, 6.07) is 5.23. The Hall–Kier alpha value is -1.31. The van der Waals surface area contributed by atoms with Crippen LogP contribution in [0.25, 0.3) is 11.5 Å². The molecule has 6 heteroatoms. The maximum atomic E-state index is 9.75. The van der Waals surface area contributed by atoms with Crippen LogP contribution in [-0.2, 0) is 0 Å². The molecule has 0 aliphatic heterocycles. The fourth-order valence-electron chi connectivity index (χ4n) is 1.30. The van der Waals surface area contributed by atoms with Crippen molar-refractivity contribution in [3.8, 4) is 17.2 Å². The van der Waals surface area contributed by atoms with Crippen LogP contribution in [0.2, 0.25) is 0 Å². The average molecular weight is 345 g/mol. The minimum absolute atomic E-state index is 0.139. The molecule has 0 unspecified atom stereocenters. The predicted octanol–water partition coefficient (Wildman–Crippen LogP) is 2.50. The summed E-state index contributed by atoms with van der Waals surface area (Å²) in [6.07, 6.45) is 0. The van der Waals surface area contributed by atoms with Crippen molar-refractivity contribution >= 4 is 28.5 Å². The third-order valence-corrected chi connectivity index (χ3v) is 3.09. The molecule has 0 aliphatic rings. The van der Waals surface area contributed by atoms with Gasteiger partial charge < -0.3 is 14.5 Å². The van der Waals surface area contributed by atoms with E-state index in [4.69, 9.17) is 4.52 Å². The van der Waals surface area contributed by atoms with Gasteiger partial charge in [0.2, 0.25) is 0 Å². The summed E-state index contributed by atoms with van der Waals surface area (Å²) in [5.41, 5.74) is 0.556. The van der Waals surface area contributed by atoms with Gasteiger partial charge in [0.05, 0.1) is 5.56 Å². The molecule has 1 aromatic heterocycles. The number of phenolic OH excluding ortho intramolecular Hbond substituents is 1. The second kappa shape index (κ2) is 4.91. The molecule has 0 amide bonds. The number of phenols is 1. The molecule has 0 radical (unpaired) electrons. The van der Waals surface area contributed by atoms with E-state index < -0.39 is 0 Å². The van der Waals surface area contributed by atoms with Gasteiger partial charge in [-0.2, -0.15) is 4.98 Å². The quantitative estimate of drug-likeness (QED) is 0.866. The van der Waals surface area contributed by atoms with Crippen molar-refractivity contribution in [2.45, 2.75) is 6.92 Å². The number of halogens is 1. The van der Waals surface area contributed by atoms with Gasteiger partial charge in [0.1, 0.15) is 5.75 Å². The van der Waals surface area contributed by atoms with E-state index >= 15 is 0 Å². The van der Waals surface area contributed by atoms with E-state index in [2.05, 4.69) is 32.7 Å². The number of hydrogen-bond donors (Lipinski definition) is 1. The summed E-state index contributed by atoms with van der Waals surface area (Å²) < 4.78 is 6.14. The van der Waals surface area contributed by atoms with Crippen molar-refractivity contribution in [3.05, 3.63) is 21.8 Å². The van der Waals surface area contributed by atoms with Gasteiger partial charge >= 0.3 is 0 Å². The van der Waals surface area contributed by atoms with Gasteiger partial charge in [0.25, 0.3) is 11.8 Å². The summed E-state index contributed by atoms with van der Waals surface area (Å²) in [5.74, 6) is 0.983. The topological polar surface area (TPSA) is 62.4 Å². The highest BCUT2D eigenvalue weighted by Gasteiger charge is 2.14. The first-order valence-electron chi connectivity index (χ1n) is 5.15. The summed E-state index contributed by atoms with van der Waals surface area (Å²) in [4.78, 5) is 6.10. The first-order chi connectivity index (χ1) is 8.11. The number of nitrogens with zero attached hydrogens (tertiary/aromatic N) is 3. The molecular formula is C11H12IN3O2. The number of rotatable bonds is 3. The zero-order chi connectivity index (χ0) is 12.4. The lowest BCUT2D eigenvalue weighted by Gasteiger charge is -2.08. The molecule has 1 N–H and O–H groups in total. The zero-order valence-electron chi connectivity index (χ0n) is 9.51. The molecule has 0 spiro atoms. The Morgan fingerprint density at radius 3 is 2.94 bits per heavy atom. The molecule has 0 aliphatic carbocycles. The monoisotopic (exact) mass is 345 g/mol. The van der Waals surface area contributed by atoms with Crippen LogP contribution in [0.3, 0.4) is 0 Å². The number of anilines is 1. The van der Waals surface area contributed by atoms with Gasteiger partial charge in [0, 0.05) is 17.2 Å². The van der Waals surface area contributed by atoms with Crippen LogP contribution < -0.4 is 4.90 Å². The van der Waals surface area contributed by atoms with E-state index in [1.807, 2.05) is 24.9 Å². The van der Waals surface area contributed by atoms with Gasteiger partial charge in [0.15, 0.2) is 0 Å². The summed E-state index contributed by atoms with van der Waals surface area (Å²) in [5, 5.41) is 13.6. The Morgan fingerprint density at radius 1 is 1.47 bits per heavy atom. The van der Waals surface area contributed by atoms with Crippen molar-refractivity contribution in [2.75, 3.05) is 18.5 Å². The van der Waals surface area contributed by atoms with E-state index in [0.717, 1.165) is 10.1 Å². The fourth-order valence-corrected chi connectivity index (χ4v) is 1.79. The van der Waals surface area contributed by atoms with Crippen LogP contribution in [0.15, 0.2) is 22.7 Å².